The average molecular weight is 159 g/mol. The first-order valence-electron chi connectivity index (χ1n) is 4.39. The maximum absolute atomic E-state index is 3.04. The summed E-state index contributed by atoms with van der Waals surface area (Å²) in [6.07, 6.45) is 18.5. The van der Waals surface area contributed by atoms with Crippen molar-refractivity contribution in [2.45, 2.75) is 6.42 Å². The molecule has 0 spiro atoms. The summed E-state index contributed by atoms with van der Waals surface area (Å²) in [6, 6.07) is 0. The van der Waals surface area contributed by atoms with Gasteiger partial charge < -0.3 is 5.32 Å². The lowest BCUT2D eigenvalue weighted by Crippen LogP contribution is -2.12. The minimum atomic E-state index is 0.541. The fourth-order valence-electron chi connectivity index (χ4n) is 1.58. The number of dihydropyridines is 1. The SMILES string of the molecule is C1=CC(C2C=CNC=C2)C=CC1. The zero-order valence-corrected chi connectivity index (χ0v) is 6.98. The van der Waals surface area contributed by atoms with Gasteiger partial charge in [0.05, 0.1) is 0 Å². The van der Waals surface area contributed by atoms with Crippen LogP contribution in [0.2, 0.25) is 0 Å². The van der Waals surface area contributed by atoms with Crippen molar-refractivity contribution < 1.29 is 0 Å². The van der Waals surface area contributed by atoms with E-state index in [-0.39, 0.29) is 0 Å². The van der Waals surface area contributed by atoms with E-state index in [1.807, 2.05) is 12.4 Å². The summed E-state index contributed by atoms with van der Waals surface area (Å²) in [6.45, 7) is 0. The van der Waals surface area contributed by atoms with Crippen LogP contribution in [0.15, 0.2) is 48.9 Å². The molecule has 1 aliphatic heterocycles. The summed E-state index contributed by atoms with van der Waals surface area (Å²) in [7, 11) is 0. The molecule has 0 aromatic heterocycles. The molecule has 0 saturated heterocycles. The molecule has 0 atom stereocenters. The Bertz CT molecular complexity index is 206. The van der Waals surface area contributed by atoms with E-state index >= 15 is 0 Å². The maximum Gasteiger partial charge on any atom is 0.00788 e. The van der Waals surface area contributed by atoms with Crippen LogP contribution >= 0.6 is 0 Å². The van der Waals surface area contributed by atoms with Crippen LogP contribution in [-0.2, 0) is 0 Å². The summed E-state index contributed by atoms with van der Waals surface area (Å²) < 4.78 is 0. The fraction of sp³-hybridized carbons (Fsp3) is 0.273. The van der Waals surface area contributed by atoms with Gasteiger partial charge in [-0.15, -0.1) is 0 Å². The van der Waals surface area contributed by atoms with Crippen LogP contribution in [0.5, 0.6) is 0 Å². The van der Waals surface area contributed by atoms with Crippen LogP contribution in [0.1, 0.15) is 6.42 Å². The number of nitrogens with one attached hydrogen (secondary N) is 1. The smallest absolute Gasteiger partial charge is 0.00788 e. The van der Waals surface area contributed by atoms with Crippen molar-refractivity contribution in [1.82, 2.24) is 5.32 Å². The summed E-state index contributed by atoms with van der Waals surface area (Å²) in [5.41, 5.74) is 0. The van der Waals surface area contributed by atoms with Gasteiger partial charge in [0.25, 0.3) is 0 Å². The molecule has 2 aliphatic rings. The van der Waals surface area contributed by atoms with Gasteiger partial charge >= 0.3 is 0 Å². The van der Waals surface area contributed by atoms with Crippen molar-refractivity contribution in [3.63, 3.8) is 0 Å². The van der Waals surface area contributed by atoms with E-state index in [0.29, 0.717) is 11.8 Å². The summed E-state index contributed by atoms with van der Waals surface area (Å²) in [5.74, 6) is 1.10. The Morgan fingerprint density at radius 3 is 2.08 bits per heavy atom. The zero-order chi connectivity index (χ0) is 8.23. The second-order valence-electron chi connectivity index (χ2n) is 3.13. The van der Waals surface area contributed by atoms with Crippen molar-refractivity contribution >= 4 is 0 Å². The van der Waals surface area contributed by atoms with E-state index in [4.69, 9.17) is 0 Å². The lowest BCUT2D eigenvalue weighted by atomic mass is 9.88. The summed E-state index contributed by atoms with van der Waals surface area (Å²) in [5, 5.41) is 3.04. The Hall–Kier alpha value is -1.24. The van der Waals surface area contributed by atoms with E-state index in [9.17, 15) is 0 Å². The lowest BCUT2D eigenvalue weighted by molar-refractivity contribution is 0.653. The molecule has 12 heavy (non-hydrogen) atoms. The molecule has 1 aliphatic carbocycles. The third-order valence-corrected chi connectivity index (χ3v) is 2.26. The Kier molecular flexibility index (Phi) is 2.12. The maximum atomic E-state index is 3.04. The van der Waals surface area contributed by atoms with Crippen LogP contribution in [0.25, 0.3) is 0 Å². The zero-order valence-electron chi connectivity index (χ0n) is 6.98. The molecule has 1 heteroatoms. The standard InChI is InChI=1S/C11H13N/c1-2-4-10(5-3-1)11-6-8-12-9-7-11/h2-12H,1H2. The van der Waals surface area contributed by atoms with Gasteiger partial charge in [0.2, 0.25) is 0 Å². The first-order chi connectivity index (χ1) is 5.97. The monoisotopic (exact) mass is 159 g/mol. The highest BCUT2D eigenvalue weighted by atomic mass is 14.8. The molecular formula is C11H13N. The molecule has 0 unspecified atom stereocenters. The number of rotatable bonds is 1. The van der Waals surface area contributed by atoms with E-state index in [0.717, 1.165) is 6.42 Å². The predicted octanol–water partition coefficient (Wildman–Crippen LogP) is 2.37. The number of hydrogen-bond donors (Lipinski definition) is 1. The Labute approximate surface area is 73.2 Å². The second kappa shape index (κ2) is 3.44. The average Bonchev–Trinajstić information content (AvgIpc) is 2.21. The van der Waals surface area contributed by atoms with Crippen LogP contribution < -0.4 is 5.32 Å². The largest absolute Gasteiger partial charge is 0.368 e. The van der Waals surface area contributed by atoms with E-state index in [1.165, 1.54) is 0 Å². The van der Waals surface area contributed by atoms with Gasteiger partial charge in [-0.05, 0) is 18.8 Å². The van der Waals surface area contributed by atoms with Crippen LogP contribution in [0.4, 0.5) is 0 Å². The Morgan fingerprint density at radius 2 is 1.42 bits per heavy atom. The molecule has 1 nitrogen and oxygen atoms in total. The normalized spacial score (nSPS) is 23.0. The molecule has 0 aromatic rings. The molecule has 0 saturated carbocycles. The third-order valence-electron chi connectivity index (χ3n) is 2.26. The van der Waals surface area contributed by atoms with Gasteiger partial charge in [-0.3, -0.25) is 0 Å². The van der Waals surface area contributed by atoms with Gasteiger partial charge in [-0.1, -0.05) is 36.5 Å². The molecule has 0 amide bonds. The van der Waals surface area contributed by atoms with Crippen LogP contribution in [-0.4, -0.2) is 0 Å². The summed E-state index contributed by atoms with van der Waals surface area (Å²) >= 11 is 0. The van der Waals surface area contributed by atoms with E-state index < -0.39 is 0 Å². The molecule has 0 fully saturated rings. The topological polar surface area (TPSA) is 12.0 Å². The molecule has 2 rings (SSSR count). The molecule has 1 N–H and O–H groups in total. The second-order valence-corrected chi connectivity index (χ2v) is 3.13. The Balaban J connectivity index is 2.07. The number of allylic oxidation sites excluding steroid dienone is 6. The van der Waals surface area contributed by atoms with E-state index in [1.54, 1.807) is 0 Å². The summed E-state index contributed by atoms with van der Waals surface area (Å²) in [4.78, 5) is 0. The molecule has 1 heterocycles. The highest BCUT2D eigenvalue weighted by Crippen LogP contribution is 2.22. The van der Waals surface area contributed by atoms with Crippen molar-refractivity contribution in [1.29, 1.82) is 0 Å². The Morgan fingerprint density at radius 1 is 0.833 bits per heavy atom. The lowest BCUT2D eigenvalue weighted by Gasteiger charge is -2.19. The molecular weight excluding hydrogens is 146 g/mol. The highest BCUT2D eigenvalue weighted by Gasteiger charge is 2.12. The molecule has 0 aromatic carbocycles. The first kappa shape index (κ1) is 7.41. The van der Waals surface area contributed by atoms with Crippen LogP contribution in [0, 0.1) is 11.8 Å². The molecule has 62 valence electrons. The highest BCUT2D eigenvalue weighted by molar-refractivity contribution is 5.19. The minimum Gasteiger partial charge on any atom is -0.368 e. The van der Waals surface area contributed by atoms with Crippen molar-refractivity contribution in [2.24, 2.45) is 11.8 Å². The predicted molar refractivity (Wildman–Crippen MR) is 51.3 cm³/mol. The fourth-order valence-corrected chi connectivity index (χ4v) is 1.58. The van der Waals surface area contributed by atoms with Crippen molar-refractivity contribution in [3.8, 4) is 0 Å². The van der Waals surface area contributed by atoms with Gasteiger partial charge in [0.1, 0.15) is 0 Å². The molecule has 0 bridgehead atoms. The number of hydrogen-bond acceptors (Lipinski definition) is 1. The minimum absolute atomic E-state index is 0.541. The first-order valence-corrected chi connectivity index (χ1v) is 4.39. The van der Waals surface area contributed by atoms with E-state index in [2.05, 4.69) is 41.8 Å². The van der Waals surface area contributed by atoms with Gasteiger partial charge in [0.15, 0.2) is 0 Å². The third kappa shape index (κ3) is 1.50. The van der Waals surface area contributed by atoms with Crippen LogP contribution in [0.3, 0.4) is 0 Å². The van der Waals surface area contributed by atoms with Gasteiger partial charge in [-0.25, -0.2) is 0 Å². The molecule has 0 radical (unpaired) electrons. The van der Waals surface area contributed by atoms with Gasteiger partial charge in [0, 0.05) is 11.8 Å². The van der Waals surface area contributed by atoms with Gasteiger partial charge in [-0.2, -0.15) is 0 Å². The quantitative estimate of drug-likeness (QED) is 0.579. The van der Waals surface area contributed by atoms with Crippen molar-refractivity contribution in [2.75, 3.05) is 0 Å². The van der Waals surface area contributed by atoms with Crippen molar-refractivity contribution in [3.05, 3.63) is 48.9 Å².